The third kappa shape index (κ3) is 3.98. The summed E-state index contributed by atoms with van der Waals surface area (Å²) in [5.41, 5.74) is 3.67. The fraction of sp³-hybridized carbons (Fsp3) is 0.200. The van der Waals surface area contributed by atoms with Crippen molar-refractivity contribution in [3.05, 3.63) is 63.1 Å². The van der Waals surface area contributed by atoms with Crippen LogP contribution in [-0.2, 0) is 11.9 Å². The van der Waals surface area contributed by atoms with Gasteiger partial charge in [-0.15, -0.1) is 0 Å². The van der Waals surface area contributed by atoms with E-state index in [0.717, 1.165) is 21.4 Å². The molecular weight excluding hydrogens is 389 g/mol. The van der Waals surface area contributed by atoms with Crippen molar-refractivity contribution in [2.75, 3.05) is 11.9 Å². The second-order valence-corrected chi connectivity index (χ2v) is 6.31. The summed E-state index contributed by atoms with van der Waals surface area (Å²) in [5.74, 6) is 0. The van der Waals surface area contributed by atoms with Gasteiger partial charge in [-0.2, -0.15) is 0 Å². The van der Waals surface area contributed by atoms with Gasteiger partial charge in [0, 0.05) is 34.1 Å². The molecule has 0 aliphatic rings. The molecule has 0 heterocycles. The molecule has 0 amide bonds. The Balaban J connectivity index is 2.22. The van der Waals surface area contributed by atoms with E-state index in [4.69, 9.17) is 11.6 Å². The van der Waals surface area contributed by atoms with Crippen LogP contribution in [0.5, 0.6) is 0 Å². The van der Waals surface area contributed by atoms with Crippen LogP contribution in [-0.4, -0.2) is 7.05 Å². The van der Waals surface area contributed by atoms with E-state index < -0.39 is 0 Å². The minimum absolute atomic E-state index is 0.772. The first-order chi connectivity index (χ1) is 9.10. The molecule has 0 aliphatic carbocycles. The predicted octanol–water partition coefficient (Wildman–Crippen LogP) is 5.63. The van der Waals surface area contributed by atoms with Crippen molar-refractivity contribution in [1.82, 2.24) is 0 Å². The number of alkyl halides is 1. The van der Waals surface area contributed by atoms with E-state index in [1.54, 1.807) is 0 Å². The summed E-state index contributed by atoms with van der Waals surface area (Å²) in [5, 5.41) is 1.57. The molecular formula is C15H14Br2ClN. The first-order valence-corrected chi connectivity index (χ1v) is 8.19. The van der Waals surface area contributed by atoms with Gasteiger partial charge in [-0.3, -0.25) is 0 Å². The van der Waals surface area contributed by atoms with Crippen molar-refractivity contribution in [1.29, 1.82) is 0 Å². The number of halogens is 3. The summed E-state index contributed by atoms with van der Waals surface area (Å²) in [6, 6.07) is 14.4. The molecule has 1 nitrogen and oxygen atoms in total. The van der Waals surface area contributed by atoms with Gasteiger partial charge < -0.3 is 4.90 Å². The molecule has 0 N–H and O–H groups in total. The number of anilines is 1. The van der Waals surface area contributed by atoms with Crippen LogP contribution in [0.4, 0.5) is 5.69 Å². The van der Waals surface area contributed by atoms with Gasteiger partial charge in [0.15, 0.2) is 0 Å². The van der Waals surface area contributed by atoms with E-state index in [9.17, 15) is 0 Å². The van der Waals surface area contributed by atoms with Gasteiger partial charge in [-0.05, 0) is 41.5 Å². The fourth-order valence-corrected chi connectivity index (χ4v) is 3.12. The molecule has 4 heteroatoms. The number of benzene rings is 2. The quantitative estimate of drug-likeness (QED) is 0.598. The molecule has 0 unspecified atom stereocenters. The highest BCUT2D eigenvalue weighted by Gasteiger charge is 2.08. The van der Waals surface area contributed by atoms with Gasteiger partial charge in [0.1, 0.15) is 0 Å². The fourth-order valence-electron chi connectivity index (χ4n) is 2.03. The Labute approximate surface area is 135 Å². The summed E-state index contributed by atoms with van der Waals surface area (Å²) in [4.78, 5) is 2.23. The molecule has 2 aromatic carbocycles. The topological polar surface area (TPSA) is 3.24 Å². The lowest BCUT2D eigenvalue weighted by Gasteiger charge is -2.22. The predicted molar refractivity (Wildman–Crippen MR) is 90.3 cm³/mol. The lowest BCUT2D eigenvalue weighted by Crippen LogP contribution is -2.17. The van der Waals surface area contributed by atoms with Crippen molar-refractivity contribution in [3.63, 3.8) is 0 Å². The zero-order valence-electron chi connectivity index (χ0n) is 10.5. The standard InChI is InChI=1S/C15H14Br2ClN/c1-19(10-11-3-2-4-13(17)7-11)15-6-5-14(18)8-12(15)9-16/h2-8H,9-10H2,1H3. The highest BCUT2D eigenvalue weighted by Crippen LogP contribution is 2.27. The third-order valence-electron chi connectivity index (χ3n) is 2.91. The molecule has 0 fully saturated rings. The highest BCUT2D eigenvalue weighted by molar-refractivity contribution is 9.10. The molecule has 0 aromatic heterocycles. The van der Waals surface area contributed by atoms with Crippen LogP contribution in [0.2, 0.25) is 5.02 Å². The highest BCUT2D eigenvalue weighted by atomic mass is 79.9. The Morgan fingerprint density at radius 3 is 2.63 bits per heavy atom. The van der Waals surface area contributed by atoms with Crippen molar-refractivity contribution >= 4 is 49.1 Å². The Hall–Kier alpha value is -0.510. The number of hydrogen-bond acceptors (Lipinski definition) is 1. The van der Waals surface area contributed by atoms with E-state index >= 15 is 0 Å². The normalized spacial score (nSPS) is 10.5. The maximum absolute atomic E-state index is 6.04. The van der Waals surface area contributed by atoms with Gasteiger partial charge in [-0.25, -0.2) is 0 Å². The Morgan fingerprint density at radius 2 is 1.95 bits per heavy atom. The molecule has 2 aromatic rings. The average molecular weight is 404 g/mol. The van der Waals surface area contributed by atoms with Crippen molar-refractivity contribution in [2.24, 2.45) is 0 Å². The Bertz CT molecular complexity index is 572. The molecule has 100 valence electrons. The summed E-state index contributed by atoms with van der Waals surface area (Å²) in [6.07, 6.45) is 0. The molecule has 0 bridgehead atoms. The molecule has 0 saturated carbocycles. The lowest BCUT2D eigenvalue weighted by atomic mass is 10.1. The van der Waals surface area contributed by atoms with Crippen molar-refractivity contribution in [3.8, 4) is 0 Å². The van der Waals surface area contributed by atoms with Gasteiger partial charge in [-0.1, -0.05) is 55.6 Å². The van der Waals surface area contributed by atoms with E-state index in [1.165, 1.54) is 16.8 Å². The van der Waals surface area contributed by atoms with E-state index in [1.807, 2.05) is 18.2 Å². The molecule has 0 spiro atoms. The van der Waals surface area contributed by atoms with Crippen molar-refractivity contribution < 1.29 is 0 Å². The zero-order chi connectivity index (χ0) is 13.8. The van der Waals surface area contributed by atoms with Crippen LogP contribution in [0.25, 0.3) is 0 Å². The second kappa shape index (κ2) is 6.78. The van der Waals surface area contributed by atoms with Crippen LogP contribution in [0, 0.1) is 0 Å². The smallest absolute Gasteiger partial charge is 0.0426 e. The Morgan fingerprint density at radius 1 is 1.16 bits per heavy atom. The van der Waals surface area contributed by atoms with E-state index in [2.05, 4.69) is 68.1 Å². The number of rotatable bonds is 4. The van der Waals surface area contributed by atoms with Crippen LogP contribution in [0.15, 0.2) is 46.9 Å². The molecule has 0 saturated heterocycles. The van der Waals surface area contributed by atoms with E-state index in [0.29, 0.717) is 0 Å². The van der Waals surface area contributed by atoms with Gasteiger partial charge >= 0.3 is 0 Å². The maximum atomic E-state index is 6.04. The first-order valence-electron chi connectivity index (χ1n) is 5.90. The minimum atomic E-state index is 0.772. The molecule has 0 atom stereocenters. The second-order valence-electron chi connectivity index (χ2n) is 4.39. The van der Waals surface area contributed by atoms with Crippen LogP contribution >= 0.6 is 43.5 Å². The van der Waals surface area contributed by atoms with Gasteiger partial charge in [0.25, 0.3) is 0 Å². The average Bonchev–Trinajstić information content (AvgIpc) is 2.38. The summed E-state index contributed by atoms with van der Waals surface area (Å²) >= 11 is 13.1. The molecule has 2 rings (SSSR count). The number of hydrogen-bond donors (Lipinski definition) is 0. The lowest BCUT2D eigenvalue weighted by molar-refractivity contribution is 0.916. The summed E-state index contributed by atoms with van der Waals surface area (Å²) < 4.78 is 1.11. The summed E-state index contributed by atoms with van der Waals surface area (Å²) in [7, 11) is 2.09. The zero-order valence-corrected chi connectivity index (χ0v) is 14.5. The third-order valence-corrected chi connectivity index (χ3v) is 4.24. The summed E-state index contributed by atoms with van der Waals surface area (Å²) in [6.45, 7) is 0.862. The van der Waals surface area contributed by atoms with Crippen LogP contribution < -0.4 is 4.90 Å². The number of nitrogens with zero attached hydrogens (tertiary/aromatic N) is 1. The van der Waals surface area contributed by atoms with Crippen molar-refractivity contribution in [2.45, 2.75) is 11.9 Å². The largest absolute Gasteiger partial charge is 0.370 e. The van der Waals surface area contributed by atoms with E-state index in [-0.39, 0.29) is 0 Å². The Kier molecular flexibility index (Phi) is 5.31. The van der Waals surface area contributed by atoms with Gasteiger partial charge in [0.2, 0.25) is 0 Å². The molecule has 0 radical (unpaired) electrons. The minimum Gasteiger partial charge on any atom is -0.370 e. The molecule has 0 aliphatic heterocycles. The SMILES string of the molecule is CN(Cc1cccc(Br)c1)c1ccc(Cl)cc1CBr. The van der Waals surface area contributed by atoms with Crippen LogP contribution in [0.3, 0.4) is 0 Å². The first kappa shape index (κ1) is 14.9. The monoisotopic (exact) mass is 401 g/mol. The van der Waals surface area contributed by atoms with Gasteiger partial charge in [0.05, 0.1) is 0 Å². The molecule has 19 heavy (non-hydrogen) atoms. The maximum Gasteiger partial charge on any atom is 0.0426 e. The van der Waals surface area contributed by atoms with Crippen LogP contribution in [0.1, 0.15) is 11.1 Å².